The van der Waals surface area contributed by atoms with E-state index in [0.29, 0.717) is 5.92 Å². The Labute approximate surface area is 119 Å². The van der Waals surface area contributed by atoms with Crippen LogP contribution in [0, 0.1) is 5.92 Å². The second-order valence-electron chi connectivity index (χ2n) is 5.61. The maximum absolute atomic E-state index is 9.75. The van der Waals surface area contributed by atoms with Crippen molar-refractivity contribution < 1.29 is 5.11 Å². The van der Waals surface area contributed by atoms with Gasteiger partial charge in [0, 0.05) is 23.9 Å². The highest BCUT2D eigenvalue weighted by Crippen LogP contribution is 2.35. The minimum Gasteiger partial charge on any atom is -0.394 e. The fourth-order valence-electron chi connectivity index (χ4n) is 3.13. The Bertz CT molecular complexity index is 611. The van der Waals surface area contributed by atoms with Gasteiger partial charge in [-0.2, -0.15) is 0 Å². The van der Waals surface area contributed by atoms with Crippen molar-refractivity contribution in [3.63, 3.8) is 0 Å². The average molecular weight is 268 g/mol. The van der Waals surface area contributed by atoms with Crippen molar-refractivity contribution in [2.75, 3.05) is 25.5 Å². The van der Waals surface area contributed by atoms with Crippen LogP contribution in [0.5, 0.6) is 0 Å². The number of nitrogens with zero attached hydrogens (tertiary/aromatic N) is 1. The molecule has 0 amide bonds. The molecule has 0 saturated carbocycles. The van der Waals surface area contributed by atoms with Gasteiger partial charge in [-0.05, 0) is 24.6 Å². The minimum absolute atomic E-state index is 0.0642. The molecule has 0 radical (unpaired) electrons. The van der Waals surface area contributed by atoms with E-state index in [2.05, 4.69) is 54.2 Å². The molecule has 2 N–H and O–H groups in total. The third kappa shape index (κ3) is 2.20. The van der Waals surface area contributed by atoms with E-state index in [0.717, 1.165) is 17.8 Å². The van der Waals surface area contributed by atoms with Gasteiger partial charge < -0.3 is 10.4 Å². The molecule has 20 heavy (non-hydrogen) atoms. The Morgan fingerprint density at radius 2 is 2.30 bits per heavy atom. The van der Waals surface area contributed by atoms with E-state index >= 15 is 0 Å². The maximum Gasteiger partial charge on any atom is 0.0628 e. The lowest BCUT2D eigenvalue weighted by Crippen LogP contribution is -2.41. The smallest absolute Gasteiger partial charge is 0.0628 e. The summed E-state index contributed by atoms with van der Waals surface area (Å²) >= 11 is 0. The molecule has 2 aliphatic rings. The average Bonchev–Trinajstić information content (AvgIpc) is 2.46. The zero-order valence-corrected chi connectivity index (χ0v) is 11.9. The van der Waals surface area contributed by atoms with E-state index in [-0.39, 0.29) is 12.6 Å². The second kappa shape index (κ2) is 5.29. The summed E-state index contributed by atoms with van der Waals surface area (Å²) < 4.78 is 0. The molecule has 3 heteroatoms. The topological polar surface area (TPSA) is 35.5 Å². The first-order valence-corrected chi connectivity index (χ1v) is 7.04. The Morgan fingerprint density at radius 1 is 1.45 bits per heavy atom. The van der Waals surface area contributed by atoms with Gasteiger partial charge in [-0.3, -0.25) is 4.90 Å². The third-order valence-electron chi connectivity index (χ3n) is 4.05. The van der Waals surface area contributed by atoms with Gasteiger partial charge in [0.1, 0.15) is 0 Å². The van der Waals surface area contributed by atoms with E-state index in [9.17, 15) is 5.11 Å². The van der Waals surface area contributed by atoms with E-state index in [4.69, 9.17) is 0 Å². The number of nitrogens with one attached hydrogen (secondary N) is 1. The van der Waals surface area contributed by atoms with Crippen LogP contribution < -0.4 is 5.32 Å². The number of hydrogen-bond donors (Lipinski definition) is 2. The lowest BCUT2D eigenvalue weighted by Gasteiger charge is -2.36. The molecular formula is C17H20N2O. The van der Waals surface area contributed by atoms with Gasteiger partial charge in [-0.15, -0.1) is 5.73 Å². The number of benzene rings is 1. The number of aliphatic hydroxyl groups is 1. The van der Waals surface area contributed by atoms with Gasteiger partial charge in [0.2, 0.25) is 0 Å². The number of aliphatic hydroxyl groups excluding tert-OH is 1. The number of anilines is 1. The largest absolute Gasteiger partial charge is 0.394 e. The van der Waals surface area contributed by atoms with Crippen LogP contribution in [0.4, 0.5) is 5.69 Å². The van der Waals surface area contributed by atoms with Crippen molar-refractivity contribution in [3.05, 3.63) is 47.3 Å². The second-order valence-corrected chi connectivity index (χ2v) is 5.61. The molecule has 2 heterocycles. The molecule has 0 spiro atoms. The molecule has 0 aliphatic carbocycles. The fraction of sp³-hybridized carbons (Fsp3) is 0.353. The molecule has 0 unspecified atom stereocenters. The van der Waals surface area contributed by atoms with Crippen LogP contribution in [-0.2, 0) is 0 Å². The summed E-state index contributed by atoms with van der Waals surface area (Å²) in [4.78, 5) is 2.23. The Hall–Kier alpha value is -1.80. The SMILES string of the molecule is C[C@@H]1C=C(c2cccc3c2NC=C=C3)[C@H](CO)N(C)C1. The Morgan fingerprint density at radius 3 is 3.10 bits per heavy atom. The summed E-state index contributed by atoms with van der Waals surface area (Å²) in [6.45, 7) is 3.34. The number of hydrogen-bond acceptors (Lipinski definition) is 3. The fourth-order valence-corrected chi connectivity index (χ4v) is 3.13. The number of rotatable bonds is 2. The zero-order chi connectivity index (χ0) is 14.1. The first-order chi connectivity index (χ1) is 9.70. The van der Waals surface area contributed by atoms with Crippen molar-refractivity contribution >= 4 is 17.3 Å². The van der Waals surface area contributed by atoms with Crippen LogP contribution in [0.1, 0.15) is 18.1 Å². The van der Waals surface area contributed by atoms with Gasteiger partial charge in [0.15, 0.2) is 0 Å². The summed E-state index contributed by atoms with van der Waals surface area (Å²) in [5.74, 6) is 0.489. The highest BCUT2D eigenvalue weighted by atomic mass is 16.3. The molecule has 2 atom stereocenters. The van der Waals surface area contributed by atoms with Gasteiger partial charge in [0.25, 0.3) is 0 Å². The molecular weight excluding hydrogens is 248 g/mol. The molecule has 3 nitrogen and oxygen atoms in total. The van der Waals surface area contributed by atoms with Crippen molar-refractivity contribution in [2.45, 2.75) is 13.0 Å². The highest BCUT2D eigenvalue weighted by molar-refractivity contribution is 5.86. The molecule has 0 fully saturated rings. The molecule has 1 aromatic rings. The van der Waals surface area contributed by atoms with Crippen molar-refractivity contribution in [3.8, 4) is 0 Å². The van der Waals surface area contributed by atoms with E-state index in [1.54, 1.807) is 0 Å². The van der Waals surface area contributed by atoms with Crippen LogP contribution in [0.3, 0.4) is 0 Å². The van der Waals surface area contributed by atoms with Gasteiger partial charge >= 0.3 is 0 Å². The zero-order valence-electron chi connectivity index (χ0n) is 11.9. The highest BCUT2D eigenvalue weighted by Gasteiger charge is 2.27. The Balaban J connectivity index is 2.10. The number of likely N-dealkylation sites (N-methyl/N-ethyl adjacent to an activating group) is 1. The van der Waals surface area contributed by atoms with Crippen molar-refractivity contribution in [1.82, 2.24) is 4.90 Å². The standard InChI is InChI=1S/C17H20N2O/c1-12-9-15(16(11-20)19(2)10-12)14-7-3-5-13-6-4-8-18-17(13)14/h3,5-9,12,16,18,20H,10-11H2,1-2H3/t12-,16+/m1/s1. The number of fused-ring (bicyclic) bond motifs is 1. The minimum atomic E-state index is 0.0642. The normalized spacial score (nSPS) is 25.1. The van der Waals surface area contributed by atoms with E-state index in [1.807, 2.05) is 12.3 Å². The predicted molar refractivity (Wildman–Crippen MR) is 83.3 cm³/mol. The molecule has 0 aromatic heterocycles. The summed E-state index contributed by atoms with van der Waals surface area (Å²) in [6.07, 6.45) is 6.11. The van der Waals surface area contributed by atoms with E-state index < -0.39 is 0 Å². The van der Waals surface area contributed by atoms with Gasteiger partial charge in [-0.25, -0.2) is 0 Å². The maximum atomic E-state index is 9.75. The van der Waals surface area contributed by atoms with Gasteiger partial charge in [-0.1, -0.05) is 31.2 Å². The molecule has 104 valence electrons. The first kappa shape index (κ1) is 13.2. The monoisotopic (exact) mass is 268 g/mol. The van der Waals surface area contributed by atoms with E-state index in [1.165, 1.54) is 11.1 Å². The molecule has 1 aromatic carbocycles. The molecule has 2 aliphatic heterocycles. The molecule has 0 saturated heterocycles. The van der Waals surface area contributed by atoms with Gasteiger partial charge in [0.05, 0.1) is 18.3 Å². The van der Waals surface area contributed by atoms with Crippen LogP contribution in [0.25, 0.3) is 11.6 Å². The Kier molecular flexibility index (Phi) is 3.49. The van der Waals surface area contributed by atoms with Crippen LogP contribution in [0.15, 0.2) is 36.2 Å². The first-order valence-electron chi connectivity index (χ1n) is 7.04. The summed E-state index contributed by atoms with van der Waals surface area (Å²) in [5, 5.41) is 13.0. The summed E-state index contributed by atoms with van der Waals surface area (Å²) in [5.41, 5.74) is 7.71. The summed E-state index contributed by atoms with van der Waals surface area (Å²) in [7, 11) is 2.08. The lowest BCUT2D eigenvalue weighted by atomic mass is 9.88. The number of para-hydroxylation sites is 1. The molecule has 0 bridgehead atoms. The van der Waals surface area contributed by atoms with Crippen LogP contribution in [-0.4, -0.2) is 36.2 Å². The summed E-state index contributed by atoms with van der Waals surface area (Å²) in [6, 6.07) is 6.33. The van der Waals surface area contributed by atoms with Crippen molar-refractivity contribution in [1.29, 1.82) is 0 Å². The van der Waals surface area contributed by atoms with Crippen LogP contribution in [0.2, 0.25) is 0 Å². The molecule has 3 rings (SSSR count). The van der Waals surface area contributed by atoms with Crippen LogP contribution >= 0.6 is 0 Å². The quantitative estimate of drug-likeness (QED) is 0.809. The van der Waals surface area contributed by atoms with Crippen molar-refractivity contribution in [2.24, 2.45) is 5.92 Å². The lowest BCUT2D eigenvalue weighted by molar-refractivity contribution is 0.167. The predicted octanol–water partition coefficient (Wildman–Crippen LogP) is 2.56. The third-order valence-corrected chi connectivity index (χ3v) is 4.05.